The summed E-state index contributed by atoms with van der Waals surface area (Å²) in [4.78, 5) is 29.3. The molecule has 0 saturated carbocycles. The Bertz CT molecular complexity index is 849. The molecule has 9 heteroatoms. The molecule has 24 heavy (non-hydrogen) atoms. The third-order valence-electron chi connectivity index (χ3n) is 3.54. The van der Waals surface area contributed by atoms with Crippen molar-refractivity contribution in [3.8, 4) is 0 Å². The lowest BCUT2D eigenvalue weighted by Gasteiger charge is -2.04. The maximum atomic E-state index is 11.3. The van der Waals surface area contributed by atoms with Crippen LogP contribution in [0.15, 0.2) is 23.2 Å². The molecule has 1 aromatic heterocycles. The molecular formula is C15H14ClN3O4S. The number of nitrogens with one attached hydrogen (secondary N) is 1. The van der Waals surface area contributed by atoms with E-state index in [0.29, 0.717) is 16.8 Å². The first-order chi connectivity index (χ1) is 11.5. The molecule has 7 nitrogen and oxygen atoms in total. The molecule has 0 saturated heterocycles. The maximum absolute atomic E-state index is 11.3. The zero-order chi connectivity index (χ0) is 17.3. The van der Waals surface area contributed by atoms with Crippen LogP contribution in [0.5, 0.6) is 0 Å². The van der Waals surface area contributed by atoms with Crippen LogP contribution < -0.4 is 0 Å². The molecule has 2 aromatic rings. The number of aliphatic imine (C=N–C) groups is 1. The van der Waals surface area contributed by atoms with E-state index < -0.39 is 4.92 Å². The van der Waals surface area contributed by atoms with Gasteiger partial charge in [-0.05, 0) is 17.7 Å². The first-order valence-corrected chi connectivity index (χ1v) is 8.70. The van der Waals surface area contributed by atoms with E-state index in [1.165, 1.54) is 24.8 Å². The van der Waals surface area contributed by atoms with Crippen LogP contribution in [-0.4, -0.2) is 39.3 Å². The van der Waals surface area contributed by atoms with Crippen molar-refractivity contribution in [3.63, 3.8) is 0 Å². The van der Waals surface area contributed by atoms with E-state index in [4.69, 9.17) is 16.3 Å². The zero-order valence-electron chi connectivity index (χ0n) is 12.7. The number of hydrogen-bond donors (Lipinski definition) is 1. The maximum Gasteiger partial charge on any atom is 0.302 e. The van der Waals surface area contributed by atoms with Crippen LogP contribution in [0, 0.1) is 10.1 Å². The van der Waals surface area contributed by atoms with Crippen LogP contribution >= 0.6 is 23.4 Å². The number of ether oxygens (including phenoxy) is 1. The lowest BCUT2D eigenvalue weighted by atomic mass is 10.1. The first kappa shape index (κ1) is 16.8. The fraction of sp³-hybridized carbons (Fsp3) is 0.333. The van der Waals surface area contributed by atoms with Crippen LogP contribution in [0.4, 0.5) is 5.69 Å². The highest BCUT2D eigenvalue weighted by atomic mass is 35.5. The van der Waals surface area contributed by atoms with E-state index in [-0.39, 0.29) is 30.2 Å². The number of fused-ring (bicyclic) bond motifs is 1. The summed E-state index contributed by atoms with van der Waals surface area (Å²) in [5.41, 5.74) is 1.86. The summed E-state index contributed by atoms with van der Waals surface area (Å²) < 4.78 is 4.98. The van der Waals surface area contributed by atoms with Crippen LogP contribution in [-0.2, 0) is 15.4 Å². The lowest BCUT2D eigenvalue weighted by Crippen LogP contribution is -2.15. The van der Waals surface area contributed by atoms with Gasteiger partial charge >= 0.3 is 5.97 Å². The Balaban J connectivity index is 1.94. The Kier molecular flexibility index (Phi) is 4.77. The van der Waals surface area contributed by atoms with E-state index >= 15 is 0 Å². The SMILES string of the molecule is CC(=O)OC[C@@H]1CSC(c2cc3cc(CCl)cc([N+](=O)[O-])c3[nH]2)=N1. The quantitative estimate of drug-likeness (QED) is 0.378. The second kappa shape index (κ2) is 6.82. The Morgan fingerprint density at radius 2 is 2.33 bits per heavy atom. The van der Waals surface area contributed by atoms with Crippen molar-refractivity contribution in [3.05, 3.63) is 39.6 Å². The second-order valence-corrected chi connectivity index (χ2v) is 6.63. The minimum atomic E-state index is -0.425. The number of nitrogens with zero attached hydrogens (tertiary/aromatic N) is 2. The normalized spacial score (nSPS) is 17.1. The van der Waals surface area contributed by atoms with Gasteiger partial charge in [-0.2, -0.15) is 0 Å². The van der Waals surface area contributed by atoms with Gasteiger partial charge in [0.25, 0.3) is 5.69 Å². The number of non-ortho nitro benzene ring substituents is 1. The van der Waals surface area contributed by atoms with E-state index in [0.717, 1.165) is 16.1 Å². The molecule has 2 heterocycles. The fourth-order valence-electron chi connectivity index (χ4n) is 2.48. The topological polar surface area (TPSA) is 97.6 Å². The minimum Gasteiger partial charge on any atom is -0.464 e. The summed E-state index contributed by atoms with van der Waals surface area (Å²) in [7, 11) is 0. The largest absolute Gasteiger partial charge is 0.464 e. The molecule has 0 fully saturated rings. The third-order valence-corrected chi connectivity index (χ3v) is 5.00. The molecule has 3 rings (SSSR count). The van der Waals surface area contributed by atoms with Gasteiger partial charge in [0.05, 0.1) is 16.7 Å². The molecule has 0 spiro atoms. The van der Waals surface area contributed by atoms with Gasteiger partial charge in [-0.25, -0.2) is 0 Å². The van der Waals surface area contributed by atoms with E-state index in [1.807, 2.05) is 12.1 Å². The number of esters is 1. The van der Waals surface area contributed by atoms with Gasteiger partial charge in [-0.1, -0.05) is 0 Å². The molecule has 0 radical (unpaired) electrons. The van der Waals surface area contributed by atoms with Crippen molar-refractivity contribution in [2.45, 2.75) is 18.8 Å². The van der Waals surface area contributed by atoms with Gasteiger partial charge in [0.1, 0.15) is 17.2 Å². The highest BCUT2D eigenvalue weighted by molar-refractivity contribution is 8.14. The Hall–Kier alpha value is -2.06. The number of H-pyrrole nitrogens is 1. The van der Waals surface area contributed by atoms with Gasteiger partial charge in [0.2, 0.25) is 0 Å². The van der Waals surface area contributed by atoms with Gasteiger partial charge in [0.15, 0.2) is 0 Å². The average Bonchev–Trinajstić information content (AvgIpc) is 3.17. The van der Waals surface area contributed by atoms with Crippen molar-refractivity contribution in [1.82, 2.24) is 4.98 Å². The Morgan fingerprint density at radius 3 is 3.00 bits per heavy atom. The number of carbonyl (C=O) groups is 1. The van der Waals surface area contributed by atoms with E-state index in [1.54, 1.807) is 0 Å². The molecule has 126 valence electrons. The Morgan fingerprint density at radius 1 is 1.54 bits per heavy atom. The van der Waals surface area contributed by atoms with E-state index in [2.05, 4.69) is 9.98 Å². The van der Waals surface area contributed by atoms with Crippen LogP contribution in [0.25, 0.3) is 10.9 Å². The number of nitro groups is 1. The number of aromatic amines is 1. The number of carbonyl (C=O) groups excluding carboxylic acids is 1. The number of hydrogen-bond acceptors (Lipinski definition) is 6. The van der Waals surface area contributed by atoms with Crippen molar-refractivity contribution in [1.29, 1.82) is 0 Å². The third kappa shape index (κ3) is 3.39. The summed E-state index contributed by atoms with van der Waals surface area (Å²) >= 11 is 7.34. The predicted octanol–water partition coefficient (Wildman–Crippen LogP) is 3.24. The average molecular weight is 368 g/mol. The summed E-state index contributed by atoms with van der Waals surface area (Å²) in [5.74, 6) is 0.572. The van der Waals surface area contributed by atoms with Crippen molar-refractivity contribution < 1.29 is 14.5 Å². The van der Waals surface area contributed by atoms with Crippen molar-refractivity contribution in [2.24, 2.45) is 4.99 Å². The lowest BCUT2D eigenvalue weighted by molar-refractivity contribution is -0.383. The van der Waals surface area contributed by atoms with Crippen molar-refractivity contribution in [2.75, 3.05) is 12.4 Å². The highest BCUT2D eigenvalue weighted by Crippen LogP contribution is 2.31. The van der Waals surface area contributed by atoms with Gasteiger partial charge < -0.3 is 9.72 Å². The number of nitro benzene ring substituents is 1. The molecule has 1 atom stereocenters. The van der Waals surface area contributed by atoms with Gasteiger partial charge in [-0.3, -0.25) is 19.9 Å². The number of thioether (sulfide) groups is 1. The highest BCUT2D eigenvalue weighted by Gasteiger charge is 2.23. The molecule has 0 bridgehead atoms. The molecule has 1 aliphatic rings. The molecule has 0 unspecified atom stereocenters. The monoisotopic (exact) mass is 367 g/mol. The number of halogens is 1. The zero-order valence-corrected chi connectivity index (χ0v) is 14.3. The van der Waals surface area contributed by atoms with Crippen LogP contribution in [0.2, 0.25) is 0 Å². The standard InChI is InChI=1S/C15H14ClN3O4S/c1-8(20)23-6-11-7-24-15(17-11)12-4-10-2-9(5-16)3-13(19(21)22)14(10)18-12/h2-4,11,18H,5-7H2,1H3/t11-/m1/s1. The van der Waals surface area contributed by atoms with Crippen LogP contribution in [0.1, 0.15) is 18.2 Å². The summed E-state index contributed by atoms with van der Waals surface area (Å²) in [6.45, 7) is 1.60. The number of benzene rings is 1. The molecule has 1 aliphatic heterocycles. The van der Waals surface area contributed by atoms with Crippen molar-refractivity contribution >= 4 is 51.0 Å². The summed E-state index contributed by atoms with van der Waals surface area (Å²) in [6.07, 6.45) is 0. The molecule has 0 amide bonds. The second-order valence-electron chi connectivity index (χ2n) is 5.35. The van der Waals surface area contributed by atoms with E-state index in [9.17, 15) is 14.9 Å². The summed E-state index contributed by atoms with van der Waals surface area (Å²) in [6, 6.07) is 5.03. The first-order valence-electron chi connectivity index (χ1n) is 7.18. The number of alkyl halides is 1. The van der Waals surface area contributed by atoms with Gasteiger partial charge in [0, 0.05) is 30.0 Å². The molecular weight excluding hydrogens is 354 g/mol. The molecule has 0 aliphatic carbocycles. The molecule has 1 aromatic carbocycles. The predicted molar refractivity (Wildman–Crippen MR) is 93.9 cm³/mol. The smallest absolute Gasteiger partial charge is 0.302 e. The van der Waals surface area contributed by atoms with Crippen LogP contribution in [0.3, 0.4) is 0 Å². The Labute approximate surface area is 146 Å². The summed E-state index contributed by atoms with van der Waals surface area (Å²) in [5, 5.41) is 12.8. The minimum absolute atomic E-state index is 0.00513. The number of rotatable bonds is 5. The van der Waals surface area contributed by atoms with Gasteiger partial charge in [-0.15, -0.1) is 23.4 Å². The fourth-order valence-corrected chi connectivity index (χ4v) is 3.65. The number of aromatic nitrogens is 1. The molecule has 1 N–H and O–H groups in total.